The third-order valence-corrected chi connectivity index (χ3v) is 7.07. The summed E-state index contributed by atoms with van der Waals surface area (Å²) >= 11 is 1.71. The normalized spacial score (nSPS) is 15.1. The molecule has 0 saturated heterocycles. The molecule has 0 radical (unpaired) electrons. The smallest absolute Gasteiger partial charge is 0.254 e. The van der Waals surface area contributed by atoms with Crippen LogP contribution in [0.5, 0.6) is 11.5 Å². The van der Waals surface area contributed by atoms with E-state index in [2.05, 4.69) is 11.4 Å². The van der Waals surface area contributed by atoms with Gasteiger partial charge in [0.2, 0.25) is 5.91 Å². The van der Waals surface area contributed by atoms with Gasteiger partial charge in [0.05, 0.1) is 13.2 Å². The maximum atomic E-state index is 13.6. The lowest BCUT2D eigenvalue weighted by molar-refractivity contribution is -0.136. The molecular formula is C27H30N2O4S. The number of hydrogen-bond acceptors (Lipinski definition) is 5. The molecule has 0 bridgehead atoms. The van der Waals surface area contributed by atoms with Crippen molar-refractivity contribution in [3.8, 4) is 11.5 Å². The Labute approximate surface area is 204 Å². The molecule has 34 heavy (non-hydrogen) atoms. The summed E-state index contributed by atoms with van der Waals surface area (Å²) in [4.78, 5) is 31.5. The van der Waals surface area contributed by atoms with E-state index in [4.69, 9.17) is 9.47 Å². The highest BCUT2D eigenvalue weighted by Gasteiger charge is 2.34. The van der Waals surface area contributed by atoms with Crippen LogP contribution in [-0.2, 0) is 11.2 Å². The molecule has 0 saturated carbocycles. The van der Waals surface area contributed by atoms with Crippen molar-refractivity contribution in [1.29, 1.82) is 0 Å². The number of carbonyl (C=O) groups is 2. The lowest BCUT2D eigenvalue weighted by Crippen LogP contribution is -2.49. The molecule has 0 fully saturated rings. The van der Waals surface area contributed by atoms with Gasteiger partial charge >= 0.3 is 0 Å². The molecule has 3 aromatic rings. The van der Waals surface area contributed by atoms with E-state index in [0.29, 0.717) is 24.5 Å². The Kier molecular flexibility index (Phi) is 7.53. The van der Waals surface area contributed by atoms with Crippen molar-refractivity contribution in [2.45, 2.75) is 32.4 Å². The summed E-state index contributed by atoms with van der Waals surface area (Å²) in [5, 5.41) is 2.07. The zero-order valence-electron chi connectivity index (χ0n) is 19.8. The van der Waals surface area contributed by atoms with E-state index in [1.807, 2.05) is 61.2 Å². The van der Waals surface area contributed by atoms with Gasteiger partial charge in [-0.15, -0.1) is 11.3 Å². The highest BCUT2D eigenvalue weighted by atomic mass is 32.1. The maximum Gasteiger partial charge on any atom is 0.254 e. The van der Waals surface area contributed by atoms with Gasteiger partial charge in [-0.05, 0) is 61.5 Å². The van der Waals surface area contributed by atoms with Gasteiger partial charge in [-0.2, -0.15) is 0 Å². The largest absolute Gasteiger partial charge is 0.497 e. The first-order valence-electron chi connectivity index (χ1n) is 11.5. The van der Waals surface area contributed by atoms with Crippen LogP contribution in [0.1, 0.15) is 40.7 Å². The van der Waals surface area contributed by atoms with Crippen molar-refractivity contribution < 1.29 is 19.1 Å². The van der Waals surface area contributed by atoms with Gasteiger partial charge in [-0.1, -0.05) is 24.3 Å². The molecule has 1 aromatic heterocycles. The minimum Gasteiger partial charge on any atom is -0.497 e. The molecule has 1 aliphatic heterocycles. The maximum absolute atomic E-state index is 13.6. The number of nitrogens with zero attached hydrogens (tertiary/aromatic N) is 2. The fourth-order valence-electron chi connectivity index (χ4n) is 4.21. The van der Waals surface area contributed by atoms with Gasteiger partial charge in [0.25, 0.3) is 5.91 Å². The molecule has 2 aromatic carbocycles. The zero-order valence-corrected chi connectivity index (χ0v) is 20.6. The van der Waals surface area contributed by atoms with Crippen molar-refractivity contribution in [2.75, 3.05) is 26.8 Å². The fraction of sp³-hybridized carbons (Fsp3) is 0.333. The molecule has 2 amide bonds. The predicted molar refractivity (Wildman–Crippen MR) is 134 cm³/mol. The fourth-order valence-corrected chi connectivity index (χ4v) is 5.14. The quantitative estimate of drug-likeness (QED) is 0.466. The van der Waals surface area contributed by atoms with Gasteiger partial charge in [-0.25, -0.2) is 0 Å². The summed E-state index contributed by atoms with van der Waals surface area (Å²) in [6.45, 7) is 4.83. The summed E-state index contributed by atoms with van der Waals surface area (Å²) < 4.78 is 11.4. The van der Waals surface area contributed by atoms with Gasteiger partial charge in [-0.3, -0.25) is 9.59 Å². The van der Waals surface area contributed by atoms with Crippen LogP contribution in [0.3, 0.4) is 0 Å². The minimum atomic E-state index is -0.213. The Balaban J connectivity index is 1.53. The topological polar surface area (TPSA) is 59.1 Å². The van der Waals surface area contributed by atoms with E-state index in [9.17, 15) is 9.59 Å². The van der Waals surface area contributed by atoms with Crippen LogP contribution in [-0.4, -0.2) is 54.5 Å². The summed E-state index contributed by atoms with van der Waals surface area (Å²) in [6.07, 6.45) is 0.808. The molecule has 0 N–H and O–H groups in total. The molecule has 1 atom stereocenters. The van der Waals surface area contributed by atoms with E-state index < -0.39 is 0 Å². The number of rotatable bonds is 8. The summed E-state index contributed by atoms with van der Waals surface area (Å²) in [7, 11) is 1.62. The number of ether oxygens (including phenoxy) is 2. The van der Waals surface area contributed by atoms with Crippen molar-refractivity contribution in [3.05, 3.63) is 82.0 Å². The summed E-state index contributed by atoms with van der Waals surface area (Å²) in [5.41, 5.74) is 1.71. The van der Waals surface area contributed by atoms with Crippen molar-refractivity contribution >= 4 is 23.2 Å². The number of amides is 2. The van der Waals surface area contributed by atoms with Crippen LogP contribution < -0.4 is 9.47 Å². The third kappa shape index (κ3) is 5.25. The molecule has 7 heteroatoms. The zero-order chi connectivity index (χ0) is 24.1. The highest BCUT2D eigenvalue weighted by Crippen LogP contribution is 2.34. The second-order valence-corrected chi connectivity index (χ2v) is 9.54. The Bertz CT molecular complexity index is 1130. The predicted octanol–water partition coefficient (Wildman–Crippen LogP) is 4.81. The Morgan fingerprint density at radius 1 is 1.09 bits per heavy atom. The van der Waals surface area contributed by atoms with Gasteiger partial charge in [0, 0.05) is 29.1 Å². The average Bonchev–Trinajstić information content (AvgIpc) is 3.35. The number of hydrogen-bond donors (Lipinski definition) is 0. The Hall–Kier alpha value is -3.32. The van der Waals surface area contributed by atoms with Crippen LogP contribution in [0.15, 0.2) is 66.0 Å². The molecule has 178 valence electrons. The Morgan fingerprint density at radius 3 is 2.59 bits per heavy atom. The first-order valence-corrected chi connectivity index (χ1v) is 12.3. The van der Waals surface area contributed by atoms with Gasteiger partial charge in [0.15, 0.2) is 0 Å². The summed E-state index contributed by atoms with van der Waals surface area (Å²) in [6, 6.07) is 18.3. The standard InChI is InChI=1S/C27H30N2O4S/c1-19(2)29(27(31)20-8-5-4-6-9-20)17-26(30)28-14-12-25-23(13-15-34-25)24(28)18-33-22-11-7-10-21(16-22)32-3/h4-11,13,15-16,19,24H,12,14,17-18H2,1-3H3/t24-/m0/s1. The first kappa shape index (κ1) is 23.8. The van der Waals surface area contributed by atoms with Crippen LogP contribution in [0.25, 0.3) is 0 Å². The first-order chi connectivity index (χ1) is 16.5. The van der Waals surface area contributed by atoms with E-state index in [-0.39, 0.29) is 30.4 Å². The van der Waals surface area contributed by atoms with Crippen LogP contribution in [0.4, 0.5) is 0 Å². The van der Waals surface area contributed by atoms with Crippen molar-refractivity contribution in [1.82, 2.24) is 9.80 Å². The molecular weight excluding hydrogens is 448 g/mol. The van der Waals surface area contributed by atoms with E-state index in [0.717, 1.165) is 17.7 Å². The Morgan fingerprint density at radius 2 is 1.85 bits per heavy atom. The van der Waals surface area contributed by atoms with E-state index in [1.165, 1.54) is 4.88 Å². The van der Waals surface area contributed by atoms with Crippen molar-refractivity contribution in [2.24, 2.45) is 0 Å². The van der Waals surface area contributed by atoms with Gasteiger partial charge < -0.3 is 19.3 Å². The van der Waals surface area contributed by atoms with Crippen LogP contribution in [0, 0.1) is 0 Å². The van der Waals surface area contributed by atoms with Crippen LogP contribution in [0.2, 0.25) is 0 Å². The van der Waals surface area contributed by atoms with Crippen molar-refractivity contribution in [3.63, 3.8) is 0 Å². The number of methoxy groups -OCH3 is 1. The second kappa shape index (κ2) is 10.7. The van der Waals surface area contributed by atoms with E-state index >= 15 is 0 Å². The molecule has 2 heterocycles. The van der Waals surface area contributed by atoms with E-state index in [1.54, 1.807) is 35.5 Å². The molecule has 0 unspecified atom stereocenters. The lowest BCUT2D eigenvalue weighted by atomic mass is 10.00. The monoisotopic (exact) mass is 478 g/mol. The number of thiophene rings is 1. The lowest BCUT2D eigenvalue weighted by Gasteiger charge is -2.37. The minimum absolute atomic E-state index is 0.0283. The van der Waals surface area contributed by atoms with Gasteiger partial charge in [0.1, 0.15) is 24.7 Å². The third-order valence-electron chi connectivity index (χ3n) is 6.07. The number of carbonyl (C=O) groups excluding carboxylic acids is 2. The van der Waals surface area contributed by atoms with Crippen LogP contribution >= 0.6 is 11.3 Å². The molecule has 0 spiro atoms. The highest BCUT2D eigenvalue weighted by molar-refractivity contribution is 7.10. The second-order valence-electron chi connectivity index (χ2n) is 8.53. The average molecular weight is 479 g/mol. The summed E-state index contributed by atoms with van der Waals surface area (Å²) in [5.74, 6) is 1.20. The molecule has 0 aliphatic carbocycles. The number of benzene rings is 2. The SMILES string of the molecule is COc1cccc(OC[C@H]2c3ccsc3CCN2C(=O)CN(C(=O)c2ccccc2)C(C)C)c1. The molecule has 4 rings (SSSR count). The molecule has 6 nitrogen and oxygen atoms in total. The molecule has 1 aliphatic rings. The number of fused-ring (bicyclic) bond motifs is 1.